The molecule has 3 nitrogen and oxygen atoms in total. The fourth-order valence-electron chi connectivity index (χ4n) is 1.67. The van der Waals surface area contributed by atoms with Crippen LogP contribution in [-0.4, -0.2) is 5.91 Å². The van der Waals surface area contributed by atoms with Crippen molar-refractivity contribution in [3.63, 3.8) is 0 Å². The predicted molar refractivity (Wildman–Crippen MR) is 81.4 cm³/mol. The monoisotopic (exact) mass is 356 g/mol. The van der Waals surface area contributed by atoms with Crippen LogP contribution in [0.5, 0.6) is 0 Å². The maximum atomic E-state index is 13.8. The van der Waals surface area contributed by atoms with E-state index in [1.54, 1.807) is 18.2 Å². The molecule has 2 rings (SSSR count). The van der Waals surface area contributed by atoms with Gasteiger partial charge in [-0.05, 0) is 46.3 Å². The van der Waals surface area contributed by atoms with E-state index in [9.17, 15) is 9.18 Å². The quantitative estimate of drug-likeness (QED) is 0.870. The minimum atomic E-state index is -0.652. The molecule has 0 radical (unpaired) electrons. The van der Waals surface area contributed by atoms with E-state index in [2.05, 4.69) is 21.2 Å². The predicted octanol–water partition coefficient (Wildman–Crippen LogP) is 3.95. The lowest BCUT2D eigenvalue weighted by Gasteiger charge is -2.10. The van der Waals surface area contributed by atoms with Crippen LogP contribution in [0, 0.1) is 5.82 Å². The van der Waals surface area contributed by atoms with Crippen LogP contribution < -0.4 is 11.1 Å². The van der Waals surface area contributed by atoms with Crippen molar-refractivity contribution in [1.82, 2.24) is 0 Å². The van der Waals surface area contributed by atoms with E-state index in [1.165, 1.54) is 12.1 Å². The minimum Gasteiger partial charge on any atom is -0.380 e. The summed E-state index contributed by atoms with van der Waals surface area (Å²) < 4.78 is 14.6. The van der Waals surface area contributed by atoms with Crippen molar-refractivity contribution in [1.29, 1.82) is 0 Å². The molecule has 0 spiro atoms. The van der Waals surface area contributed by atoms with Crippen molar-refractivity contribution in [3.8, 4) is 0 Å². The molecule has 0 aliphatic heterocycles. The van der Waals surface area contributed by atoms with E-state index in [-0.39, 0.29) is 12.1 Å². The lowest BCUT2D eigenvalue weighted by molar-refractivity contribution is 0.1000. The van der Waals surface area contributed by atoms with Crippen LogP contribution in [0.1, 0.15) is 15.9 Å². The molecule has 2 aromatic rings. The first kappa shape index (κ1) is 14.8. The van der Waals surface area contributed by atoms with Gasteiger partial charge in [-0.3, -0.25) is 4.79 Å². The zero-order valence-electron chi connectivity index (χ0n) is 10.3. The second kappa shape index (κ2) is 6.24. The molecule has 0 aliphatic rings. The Bertz CT molecular complexity index is 664. The number of hydrogen-bond donors (Lipinski definition) is 2. The highest BCUT2D eigenvalue weighted by Crippen LogP contribution is 2.26. The summed E-state index contributed by atoms with van der Waals surface area (Å²) in [5.41, 5.74) is 6.43. The third-order valence-corrected chi connectivity index (χ3v) is 3.66. The number of amides is 1. The minimum absolute atomic E-state index is 0.148. The summed E-state index contributed by atoms with van der Waals surface area (Å²) >= 11 is 9.28. The van der Waals surface area contributed by atoms with E-state index >= 15 is 0 Å². The average Bonchev–Trinajstić information content (AvgIpc) is 2.40. The standard InChI is InChI=1S/C14H11BrClFN2O/c15-11-4-3-10(16)6-13(11)19-7-9-2-1-8(14(18)20)5-12(9)17/h1-6,19H,7H2,(H2,18,20). The van der Waals surface area contributed by atoms with E-state index in [0.717, 1.165) is 16.2 Å². The number of carbonyl (C=O) groups is 1. The first-order valence-electron chi connectivity index (χ1n) is 5.74. The molecule has 6 heteroatoms. The molecule has 0 bridgehead atoms. The largest absolute Gasteiger partial charge is 0.380 e. The molecule has 2 aromatic carbocycles. The topological polar surface area (TPSA) is 55.1 Å². The third-order valence-electron chi connectivity index (χ3n) is 2.74. The molecule has 0 heterocycles. The lowest BCUT2D eigenvalue weighted by atomic mass is 10.1. The number of carbonyl (C=O) groups excluding carboxylic acids is 1. The fourth-order valence-corrected chi connectivity index (χ4v) is 2.23. The van der Waals surface area contributed by atoms with Gasteiger partial charge in [0.15, 0.2) is 0 Å². The molecule has 0 saturated carbocycles. The first-order chi connectivity index (χ1) is 9.47. The Balaban J connectivity index is 2.15. The number of hydrogen-bond acceptors (Lipinski definition) is 2. The molecule has 0 fully saturated rings. The Labute approximate surface area is 129 Å². The van der Waals surface area contributed by atoms with E-state index in [4.69, 9.17) is 17.3 Å². The Morgan fingerprint density at radius 3 is 2.70 bits per heavy atom. The number of primary amides is 1. The summed E-state index contributed by atoms with van der Waals surface area (Å²) in [6, 6.07) is 9.44. The molecule has 104 valence electrons. The number of rotatable bonds is 4. The second-order valence-corrected chi connectivity index (χ2v) is 5.44. The molecule has 20 heavy (non-hydrogen) atoms. The maximum absolute atomic E-state index is 13.8. The van der Waals surface area contributed by atoms with Gasteiger partial charge in [0.25, 0.3) is 0 Å². The van der Waals surface area contributed by atoms with Crippen LogP contribution in [0.4, 0.5) is 10.1 Å². The second-order valence-electron chi connectivity index (χ2n) is 4.15. The van der Waals surface area contributed by atoms with Crippen LogP contribution in [0.3, 0.4) is 0 Å². The maximum Gasteiger partial charge on any atom is 0.248 e. The summed E-state index contributed by atoms with van der Waals surface area (Å²) in [6.07, 6.45) is 0. The van der Waals surface area contributed by atoms with Crippen LogP contribution in [0.25, 0.3) is 0 Å². The van der Waals surface area contributed by atoms with Gasteiger partial charge in [-0.25, -0.2) is 4.39 Å². The van der Waals surface area contributed by atoms with Gasteiger partial charge in [0.1, 0.15) is 5.82 Å². The third kappa shape index (κ3) is 3.49. The van der Waals surface area contributed by atoms with Gasteiger partial charge in [-0.1, -0.05) is 17.7 Å². The Morgan fingerprint density at radius 1 is 1.30 bits per heavy atom. The van der Waals surface area contributed by atoms with Gasteiger partial charge in [-0.2, -0.15) is 0 Å². The molecule has 0 aromatic heterocycles. The average molecular weight is 358 g/mol. The molecular formula is C14H11BrClFN2O. The number of benzene rings is 2. The van der Waals surface area contributed by atoms with Crippen molar-refractivity contribution in [2.75, 3.05) is 5.32 Å². The van der Waals surface area contributed by atoms with Gasteiger partial charge in [-0.15, -0.1) is 0 Å². The number of nitrogens with two attached hydrogens (primary N) is 1. The smallest absolute Gasteiger partial charge is 0.248 e. The number of halogens is 3. The van der Waals surface area contributed by atoms with Gasteiger partial charge in [0.2, 0.25) is 5.91 Å². The molecule has 0 aliphatic carbocycles. The number of nitrogens with one attached hydrogen (secondary N) is 1. The number of anilines is 1. The fraction of sp³-hybridized carbons (Fsp3) is 0.0714. The summed E-state index contributed by atoms with van der Waals surface area (Å²) in [6.45, 7) is 0.268. The van der Waals surface area contributed by atoms with Crippen molar-refractivity contribution in [2.24, 2.45) is 5.73 Å². The molecule has 0 saturated heterocycles. The highest BCUT2D eigenvalue weighted by molar-refractivity contribution is 9.10. The summed E-state index contributed by atoms with van der Waals surface area (Å²) in [7, 11) is 0. The van der Waals surface area contributed by atoms with Crippen LogP contribution in [-0.2, 0) is 6.54 Å². The Kier molecular flexibility index (Phi) is 4.62. The Hall–Kier alpha value is -1.59. The van der Waals surface area contributed by atoms with Gasteiger partial charge >= 0.3 is 0 Å². The van der Waals surface area contributed by atoms with Crippen LogP contribution in [0.15, 0.2) is 40.9 Å². The highest BCUT2D eigenvalue weighted by Gasteiger charge is 2.08. The molecule has 0 unspecified atom stereocenters. The molecule has 0 atom stereocenters. The van der Waals surface area contributed by atoms with Gasteiger partial charge < -0.3 is 11.1 Å². The van der Waals surface area contributed by atoms with Gasteiger partial charge in [0, 0.05) is 27.2 Å². The van der Waals surface area contributed by atoms with Crippen LogP contribution >= 0.6 is 27.5 Å². The Morgan fingerprint density at radius 2 is 2.05 bits per heavy atom. The van der Waals surface area contributed by atoms with Gasteiger partial charge in [0.05, 0.1) is 5.69 Å². The summed E-state index contributed by atoms with van der Waals surface area (Å²) in [5, 5.41) is 3.66. The summed E-state index contributed by atoms with van der Waals surface area (Å²) in [5.74, 6) is -1.13. The SMILES string of the molecule is NC(=O)c1ccc(CNc2cc(Cl)ccc2Br)c(F)c1. The van der Waals surface area contributed by atoms with E-state index in [1.807, 2.05) is 0 Å². The van der Waals surface area contributed by atoms with E-state index in [0.29, 0.717) is 10.6 Å². The molecule has 1 amide bonds. The zero-order valence-corrected chi connectivity index (χ0v) is 12.6. The van der Waals surface area contributed by atoms with Crippen molar-refractivity contribution in [3.05, 3.63) is 62.8 Å². The molecule has 3 N–H and O–H groups in total. The van der Waals surface area contributed by atoms with Crippen molar-refractivity contribution < 1.29 is 9.18 Å². The van der Waals surface area contributed by atoms with E-state index < -0.39 is 11.7 Å². The highest BCUT2D eigenvalue weighted by atomic mass is 79.9. The van der Waals surface area contributed by atoms with Crippen molar-refractivity contribution >= 4 is 39.1 Å². The first-order valence-corrected chi connectivity index (χ1v) is 6.91. The summed E-state index contributed by atoms with van der Waals surface area (Å²) in [4.78, 5) is 10.9. The lowest BCUT2D eigenvalue weighted by Crippen LogP contribution is -2.12. The molecular weight excluding hydrogens is 347 g/mol. The van der Waals surface area contributed by atoms with Crippen LogP contribution in [0.2, 0.25) is 5.02 Å². The normalized spacial score (nSPS) is 10.3. The van der Waals surface area contributed by atoms with Crippen molar-refractivity contribution in [2.45, 2.75) is 6.54 Å². The zero-order chi connectivity index (χ0) is 14.7.